The summed E-state index contributed by atoms with van der Waals surface area (Å²) in [5.41, 5.74) is 2.20. The average Bonchev–Trinajstić information content (AvgIpc) is 3.27. The molecule has 5 nitrogen and oxygen atoms in total. The second-order valence-corrected chi connectivity index (χ2v) is 8.49. The first-order chi connectivity index (χ1) is 15.7. The number of aromatic nitrogens is 2. The van der Waals surface area contributed by atoms with Crippen LogP contribution in [0.25, 0.3) is 10.8 Å². The molecule has 1 saturated heterocycles. The number of hydrogen-bond donors (Lipinski definition) is 1. The van der Waals surface area contributed by atoms with Gasteiger partial charge in [0.2, 0.25) is 0 Å². The summed E-state index contributed by atoms with van der Waals surface area (Å²) < 4.78 is 6.23. The van der Waals surface area contributed by atoms with Crippen molar-refractivity contribution < 1.29 is 4.74 Å². The molecule has 32 heavy (non-hydrogen) atoms. The number of anilines is 2. The van der Waals surface area contributed by atoms with E-state index in [9.17, 15) is 0 Å². The van der Waals surface area contributed by atoms with Crippen LogP contribution < -0.4 is 10.1 Å². The molecule has 162 valence electrons. The number of nitrogens with one attached hydrogen (secondary N) is 1. The quantitative estimate of drug-likeness (QED) is 0.350. The van der Waals surface area contributed by atoms with Crippen LogP contribution in [-0.4, -0.2) is 34.1 Å². The molecule has 5 rings (SSSR count). The molecule has 3 heterocycles. The molecule has 0 radical (unpaired) electrons. The van der Waals surface area contributed by atoms with Gasteiger partial charge in [-0.1, -0.05) is 41.9 Å². The average molecular weight is 445 g/mol. The molecule has 2 aromatic carbocycles. The molecule has 0 saturated carbocycles. The second kappa shape index (κ2) is 9.55. The molecular weight excluding hydrogens is 420 g/mol. The maximum absolute atomic E-state index is 6.23. The van der Waals surface area contributed by atoms with Crippen LogP contribution in [0.3, 0.4) is 0 Å². The Kier molecular flexibility index (Phi) is 6.19. The highest BCUT2D eigenvalue weighted by Crippen LogP contribution is 2.28. The van der Waals surface area contributed by atoms with Gasteiger partial charge in [-0.25, -0.2) is 9.97 Å². The van der Waals surface area contributed by atoms with Gasteiger partial charge in [0.1, 0.15) is 23.3 Å². The van der Waals surface area contributed by atoms with E-state index in [2.05, 4.69) is 62.6 Å². The van der Waals surface area contributed by atoms with E-state index in [1.54, 1.807) is 18.5 Å². The summed E-state index contributed by atoms with van der Waals surface area (Å²) in [5, 5.41) is 5.89. The number of nitrogens with zero attached hydrogens (tertiary/aromatic N) is 3. The Bertz CT molecular complexity index is 1180. The molecule has 4 aromatic rings. The van der Waals surface area contributed by atoms with Crippen LogP contribution >= 0.6 is 11.6 Å². The van der Waals surface area contributed by atoms with Crippen molar-refractivity contribution in [3.63, 3.8) is 0 Å². The Hall–Kier alpha value is -3.15. The van der Waals surface area contributed by atoms with E-state index in [0.717, 1.165) is 41.1 Å². The smallest absolute Gasteiger partial charge is 0.138 e. The monoisotopic (exact) mass is 444 g/mol. The summed E-state index contributed by atoms with van der Waals surface area (Å²) in [6, 6.07) is 22.9. The molecule has 1 N–H and O–H groups in total. The predicted octanol–water partition coefficient (Wildman–Crippen LogP) is 6.07. The number of ether oxygens (including phenoxy) is 1. The largest absolute Gasteiger partial charge is 0.492 e. The van der Waals surface area contributed by atoms with Crippen molar-refractivity contribution in [2.24, 2.45) is 0 Å². The van der Waals surface area contributed by atoms with Crippen molar-refractivity contribution in [2.75, 3.05) is 18.5 Å². The number of hydrogen-bond acceptors (Lipinski definition) is 5. The standard InChI is InChI=1S/C26H25ClN4O/c27-25-11-8-21(16-29-25)30-26-24-10-9-23(15-20(24)12-13-28-26)32-18-22-7-4-14-31(22)17-19-5-2-1-3-6-19/h1-3,5-6,8-13,15-16,22H,4,7,14,17-18H2,(H,28,30). The first-order valence-electron chi connectivity index (χ1n) is 10.9. The maximum atomic E-state index is 6.23. The molecule has 2 aromatic heterocycles. The first kappa shape index (κ1) is 20.7. The molecule has 0 bridgehead atoms. The minimum atomic E-state index is 0.443. The van der Waals surface area contributed by atoms with Gasteiger partial charge < -0.3 is 10.1 Å². The van der Waals surface area contributed by atoms with E-state index in [0.29, 0.717) is 17.8 Å². The van der Waals surface area contributed by atoms with Crippen LogP contribution in [0.1, 0.15) is 18.4 Å². The van der Waals surface area contributed by atoms with Crippen LogP contribution in [0.4, 0.5) is 11.5 Å². The summed E-state index contributed by atoms with van der Waals surface area (Å²) in [7, 11) is 0. The van der Waals surface area contributed by atoms with E-state index in [-0.39, 0.29) is 0 Å². The highest BCUT2D eigenvalue weighted by Gasteiger charge is 2.25. The molecule has 1 fully saturated rings. The molecule has 0 aliphatic carbocycles. The zero-order valence-corrected chi connectivity index (χ0v) is 18.5. The number of likely N-dealkylation sites (tertiary alicyclic amines) is 1. The summed E-state index contributed by atoms with van der Waals surface area (Å²) in [6.45, 7) is 2.80. The highest BCUT2D eigenvalue weighted by molar-refractivity contribution is 6.29. The lowest BCUT2D eigenvalue weighted by molar-refractivity contribution is 0.167. The molecule has 6 heteroatoms. The topological polar surface area (TPSA) is 50.3 Å². The van der Waals surface area contributed by atoms with E-state index in [1.807, 2.05) is 18.2 Å². The molecule has 0 amide bonds. The molecule has 1 atom stereocenters. The van der Waals surface area contributed by atoms with Gasteiger partial charge in [0.05, 0.1) is 11.9 Å². The Morgan fingerprint density at radius 3 is 2.78 bits per heavy atom. The van der Waals surface area contributed by atoms with Crippen molar-refractivity contribution in [1.82, 2.24) is 14.9 Å². The van der Waals surface area contributed by atoms with Gasteiger partial charge in [-0.3, -0.25) is 4.90 Å². The fourth-order valence-corrected chi connectivity index (χ4v) is 4.35. The zero-order valence-electron chi connectivity index (χ0n) is 17.7. The Labute approximate surface area is 193 Å². The Balaban J connectivity index is 1.26. The summed E-state index contributed by atoms with van der Waals surface area (Å²) in [4.78, 5) is 11.1. The van der Waals surface area contributed by atoms with Gasteiger partial charge in [-0.05, 0) is 66.7 Å². The van der Waals surface area contributed by atoms with Crippen molar-refractivity contribution in [1.29, 1.82) is 0 Å². The number of benzene rings is 2. The van der Waals surface area contributed by atoms with Gasteiger partial charge in [0.25, 0.3) is 0 Å². The fourth-order valence-electron chi connectivity index (χ4n) is 4.23. The van der Waals surface area contributed by atoms with E-state index in [1.165, 1.54) is 18.4 Å². The number of fused-ring (bicyclic) bond motifs is 1. The Morgan fingerprint density at radius 2 is 1.94 bits per heavy atom. The fraction of sp³-hybridized carbons (Fsp3) is 0.231. The summed E-state index contributed by atoms with van der Waals surface area (Å²) in [6.07, 6.45) is 5.89. The normalized spacial score (nSPS) is 16.3. The zero-order chi connectivity index (χ0) is 21.8. The van der Waals surface area contributed by atoms with E-state index in [4.69, 9.17) is 16.3 Å². The van der Waals surface area contributed by atoms with Gasteiger partial charge in [0.15, 0.2) is 0 Å². The molecule has 0 spiro atoms. The van der Waals surface area contributed by atoms with Gasteiger partial charge >= 0.3 is 0 Å². The number of pyridine rings is 2. The van der Waals surface area contributed by atoms with Crippen molar-refractivity contribution in [2.45, 2.75) is 25.4 Å². The van der Waals surface area contributed by atoms with E-state index < -0.39 is 0 Å². The van der Waals surface area contributed by atoms with Crippen LogP contribution in [-0.2, 0) is 6.54 Å². The molecule has 1 unspecified atom stereocenters. The molecular formula is C26H25ClN4O. The lowest BCUT2D eigenvalue weighted by Crippen LogP contribution is -2.33. The summed E-state index contributed by atoms with van der Waals surface area (Å²) in [5.74, 6) is 1.66. The minimum absolute atomic E-state index is 0.443. The lowest BCUT2D eigenvalue weighted by atomic mass is 10.1. The lowest BCUT2D eigenvalue weighted by Gasteiger charge is -2.24. The summed E-state index contributed by atoms with van der Waals surface area (Å²) >= 11 is 5.88. The SMILES string of the molecule is Clc1ccc(Nc2nccc3cc(OCC4CCCN4Cc4ccccc4)ccc23)cn1. The maximum Gasteiger partial charge on any atom is 0.138 e. The van der Waals surface area contributed by atoms with Gasteiger partial charge in [-0.2, -0.15) is 0 Å². The third-order valence-electron chi connectivity index (χ3n) is 5.90. The van der Waals surface area contributed by atoms with Gasteiger partial charge in [0, 0.05) is 24.2 Å². The van der Waals surface area contributed by atoms with Crippen LogP contribution in [0.2, 0.25) is 5.15 Å². The number of rotatable bonds is 7. The Morgan fingerprint density at radius 1 is 1.03 bits per heavy atom. The minimum Gasteiger partial charge on any atom is -0.492 e. The van der Waals surface area contributed by atoms with Crippen LogP contribution in [0.5, 0.6) is 5.75 Å². The van der Waals surface area contributed by atoms with Crippen molar-refractivity contribution >= 4 is 33.9 Å². The van der Waals surface area contributed by atoms with Crippen molar-refractivity contribution in [3.05, 3.63) is 89.8 Å². The predicted molar refractivity (Wildman–Crippen MR) is 130 cm³/mol. The van der Waals surface area contributed by atoms with Gasteiger partial charge in [-0.15, -0.1) is 0 Å². The third kappa shape index (κ3) is 4.85. The van der Waals surface area contributed by atoms with Crippen molar-refractivity contribution in [3.8, 4) is 5.75 Å². The van der Waals surface area contributed by atoms with Crippen LogP contribution in [0.15, 0.2) is 79.1 Å². The first-order valence-corrected chi connectivity index (χ1v) is 11.3. The molecule has 1 aliphatic rings. The highest BCUT2D eigenvalue weighted by atomic mass is 35.5. The second-order valence-electron chi connectivity index (χ2n) is 8.10. The number of halogens is 1. The molecule has 1 aliphatic heterocycles. The van der Waals surface area contributed by atoms with E-state index >= 15 is 0 Å². The third-order valence-corrected chi connectivity index (χ3v) is 6.12. The van der Waals surface area contributed by atoms with Crippen LogP contribution in [0, 0.1) is 0 Å².